The Hall–Kier alpha value is -3.07. The summed E-state index contributed by atoms with van der Waals surface area (Å²) in [5, 5.41) is -0.135. The second kappa shape index (κ2) is 12.2. The first-order valence-electron chi connectivity index (χ1n) is 12.3. The molecule has 5 nitrogen and oxygen atoms in total. The number of carbonyl (C=O) groups excluding carboxylic acids is 1. The lowest BCUT2D eigenvalue weighted by molar-refractivity contribution is 0.0610. The van der Waals surface area contributed by atoms with Crippen LogP contribution >= 0.6 is 22.9 Å². The van der Waals surface area contributed by atoms with Gasteiger partial charge in [0, 0.05) is 37.5 Å². The molecular formula is C29H30ClF2N3O2S. The van der Waals surface area contributed by atoms with Crippen LogP contribution in [0, 0.1) is 11.6 Å². The number of ether oxygens (including phenoxy) is 1. The van der Waals surface area contributed by atoms with Crippen molar-refractivity contribution in [3.63, 3.8) is 0 Å². The van der Waals surface area contributed by atoms with E-state index < -0.39 is 11.6 Å². The molecule has 1 aliphatic rings. The van der Waals surface area contributed by atoms with Gasteiger partial charge in [0.25, 0.3) is 5.91 Å². The third-order valence-corrected chi connectivity index (χ3v) is 8.57. The molecule has 9 heteroatoms. The maximum Gasteiger partial charge on any atom is 0.266 e. The average Bonchev–Trinajstić information content (AvgIpc) is 3.28. The summed E-state index contributed by atoms with van der Waals surface area (Å²) in [4.78, 5) is 19.9. The lowest BCUT2D eigenvalue weighted by Gasteiger charge is -2.36. The van der Waals surface area contributed by atoms with Gasteiger partial charge < -0.3 is 15.4 Å². The summed E-state index contributed by atoms with van der Waals surface area (Å²) in [5.41, 5.74) is 8.68. The Bertz CT molecular complexity index is 1410. The van der Waals surface area contributed by atoms with E-state index in [2.05, 4.69) is 11.6 Å². The smallest absolute Gasteiger partial charge is 0.266 e. The van der Waals surface area contributed by atoms with Crippen LogP contribution in [0.4, 0.5) is 8.78 Å². The van der Waals surface area contributed by atoms with Gasteiger partial charge in [-0.2, -0.15) is 0 Å². The van der Waals surface area contributed by atoms with Crippen molar-refractivity contribution in [1.29, 1.82) is 0 Å². The molecule has 200 valence electrons. The first-order valence-corrected chi connectivity index (χ1v) is 13.5. The fourth-order valence-corrected chi connectivity index (χ4v) is 6.35. The zero-order chi connectivity index (χ0) is 27.4. The molecule has 0 unspecified atom stereocenters. The molecule has 0 atom stereocenters. The molecule has 4 rings (SSSR count). The van der Waals surface area contributed by atoms with Gasteiger partial charge in [0.05, 0.1) is 22.2 Å². The lowest BCUT2D eigenvalue weighted by Crippen LogP contribution is -2.43. The van der Waals surface area contributed by atoms with Gasteiger partial charge in [-0.3, -0.25) is 9.79 Å². The molecule has 0 radical (unpaired) electrons. The van der Waals surface area contributed by atoms with E-state index in [1.54, 1.807) is 31.3 Å². The monoisotopic (exact) mass is 557 g/mol. The van der Waals surface area contributed by atoms with Gasteiger partial charge in [-0.1, -0.05) is 30.3 Å². The van der Waals surface area contributed by atoms with Gasteiger partial charge >= 0.3 is 0 Å². The number of nitrogens with two attached hydrogens (primary N) is 1. The Kier molecular flexibility index (Phi) is 8.97. The second-order valence-corrected chi connectivity index (χ2v) is 10.6. The first kappa shape index (κ1) is 28.0. The van der Waals surface area contributed by atoms with Gasteiger partial charge in [-0.25, -0.2) is 8.78 Å². The van der Waals surface area contributed by atoms with Crippen LogP contribution in [0.2, 0.25) is 5.02 Å². The number of allylic oxidation sites excluding steroid dienone is 3. The summed E-state index contributed by atoms with van der Waals surface area (Å²) >= 11 is 7.39. The number of benzene rings is 2. The number of fused-ring (bicyclic) bond motifs is 1. The van der Waals surface area contributed by atoms with Crippen molar-refractivity contribution in [2.75, 3.05) is 14.2 Å². The number of aliphatic imine (C=N–C) groups is 1. The molecule has 0 saturated heterocycles. The highest BCUT2D eigenvalue weighted by molar-refractivity contribution is 7.21. The van der Waals surface area contributed by atoms with E-state index in [0.717, 1.165) is 53.0 Å². The molecule has 1 fully saturated rings. The molecule has 2 aromatic carbocycles. The Morgan fingerprint density at radius 2 is 1.95 bits per heavy atom. The normalized spacial score (nSPS) is 18.2. The number of methoxy groups -OCH3 is 1. The summed E-state index contributed by atoms with van der Waals surface area (Å²) in [6.07, 6.45) is 8.24. The van der Waals surface area contributed by atoms with Crippen LogP contribution < -0.4 is 10.5 Å². The SMILES string of the molecule is C=C/C(=C\C=NC)c1ccc(OC)c(CN(C(=O)c2sc3c(F)ccc(F)c3c2Cl)C2CCC(N)CC2)c1. The minimum atomic E-state index is -0.661. The fraction of sp³-hybridized carbons (Fsp3) is 0.310. The molecule has 3 aromatic rings. The van der Waals surface area contributed by atoms with E-state index >= 15 is 0 Å². The molecule has 1 aliphatic carbocycles. The van der Waals surface area contributed by atoms with E-state index in [9.17, 15) is 13.6 Å². The fourth-order valence-electron chi connectivity index (χ4n) is 4.85. The minimum absolute atomic E-state index is 0.0295. The predicted octanol–water partition coefficient (Wildman–Crippen LogP) is 7.02. The lowest BCUT2D eigenvalue weighted by atomic mass is 9.90. The molecule has 0 aliphatic heterocycles. The molecule has 0 bridgehead atoms. The quantitative estimate of drug-likeness (QED) is 0.239. The predicted molar refractivity (Wildman–Crippen MR) is 152 cm³/mol. The van der Waals surface area contributed by atoms with Crippen LogP contribution in [0.25, 0.3) is 15.7 Å². The van der Waals surface area contributed by atoms with E-state index in [1.807, 2.05) is 24.3 Å². The summed E-state index contributed by atoms with van der Waals surface area (Å²) in [6.45, 7) is 4.12. The second-order valence-electron chi connectivity index (χ2n) is 9.24. The summed E-state index contributed by atoms with van der Waals surface area (Å²) in [5.74, 6) is -1.03. The van der Waals surface area contributed by atoms with Crippen molar-refractivity contribution in [2.45, 2.75) is 44.3 Å². The molecule has 1 aromatic heterocycles. The maximum atomic E-state index is 14.6. The van der Waals surface area contributed by atoms with Gasteiger partial charge in [0.2, 0.25) is 0 Å². The Morgan fingerprint density at radius 1 is 1.24 bits per heavy atom. The van der Waals surface area contributed by atoms with E-state index in [1.165, 1.54) is 0 Å². The number of thiophene rings is 1. The number of carbonyl (C=O) groups is 1. The van der Waals surface area contributed by atoms with Crippen molar-refractivity contribution in [1.82, 2.24) is 4.90 Å². The molecule has 1 amide bonds. The van der Waals surface area contributed by atoms with Crippen LogP contribution in [0.5, 0.6) is 5.75 Å². The number of hydrogen-bond donors (Lipinski definition) is 1. The first-order chi connectivity index (χ1) is 18.3. The van der Waals surface area contributed by atoms with Crippen molar-refractivity contribution in [3.05, 3.63) is 81.7 Å². The number of rotatable bonds is 8. The Labute approximate surface area is 230 Å². The molecule has 38 heavy (non-hydrogen) atoms. The Morgan fingerprint density at radius 3 is 2.58 bits per heavy atom. The number of halogens is 3. The molecule has 2 N–H and O–H groups in total. The summed E-state index contributed by atoms with van der Waals surface area (Å²) < 4.78 is 34.8. The maximum absolute atomic E-state index is 14.6. The highest BCUT2D eigenvalue weighted by Crippen LogP contribution is 2.40. The van der Waals surface area contributed by atoms with Crippen molar-refractivity contribution >= 4 is 50.7 Å². The van der Waals surface area contributed by atoms with E-state index in [4.69, 9.17) is 22.1 Å². The highest BCUT2D eigenvalue weighted by atomic mass is 35.5. The zero-order valence-corrected chi connectivity index (χ0v) is 22.9. The van der Waals surface area contributed by atoms with Crippen LogP contribution in [0.3, 0.4) is 0 Å². The van der Waals surface area contributed by atoms with Crippen LogP contribution in [0.15, 0.2) is 54.1 Å². The average molecular weight is 558 g/mol. The topological polar surface area (TPSA) is 67.9 Å². The number of amides is 1. The number of nitrogens with zero attached hydrogens (tertiary/aromatic N) is 2. The molecule has 0 spiro atoms. The molecular weight excluding hydrogens is 528 g/mol. The van der Waals surface area contributed by atoms with Crippen LogP contribution in [-0.4, -0.2) is 43.3 Å². The van der Waals surface area contributed by atoms with Crippen LogP contribution in [-0.2, 0) is 6.54 Å². The third kappa shape index (κ3) is 5.67. The van der Waals surface area contributed by atoms with E-state index in [-0.39, 0.29) is 44.5 Å². The molecule has 1 heterocycles. The van der Waals surface area contributed by atoms with Gasteiger partial charge in [0.15, 0.2) is 0 Å². The third-order valence-electron chi connectivity index (χ3n) is 6.90. The largest absolute Gasteiger partial charge is 0.496 e. The van der Waals surface area contributed by atoms with Crippen molar-refractivity contribution < 1.29 is 18.3 Å². The Balaban J connectivity index is 1.79. The van der Waals surface area contributed by atoms with Crippen molar-refractivity contribution in [2.24, 2.45) is 10.7 Å². The number of hydrogen-bond acceptors (Lipinski definition) is 5. The van der Waals surface area contributed by atoms with Crippen molar-refractivity contribution in [3.8, 4) is 5.75 Å². The minimum Gasteiger partial charge on any atom is -0.496 e. The molecule has 1 saturated carbocycles. The van der Waals surface area contributed by atoms with Gasteiger partial charge in [-0.15, -0.1) is 11.3 Å². The summed E-state index contributed by atoms with van der Waals surface area (Å²) in [6, 6.07) is 7.75. The standard InChI is InChI=1S/C29H30ClF2N3O2S/c1-4-17(13-14-34-2)18-5-12-24(37-3)19(15-18)16-35(21-8-6-20(33)7-9-21)29(36)28-26(30)25-22(31)10-11-23(32)27(25)38-28/h4-5,10-15,20-21H,1,6-9,16,33H2,2-3H3/b17-13+,34-14?. The van der Waals surface area contributed by atoms with Crippen LogP contribution in [0.1, 0.15) is 46.5 Å². The highest BCUT2D eigenvalue weighted by Gasteiger charge is 2.32. The van der Waals surface area contributed by atoms with Gasteiger partial charge in [0.1, 0.15) is 22.3 Å². The van der Waals surface area contributed by atoms with Gasteiger partial charge in [-0.05, 0) is 67.2 Å². The van der Waals surface area contributed by atoms with E-state index in [0.29, 0.717) is 18.6 Å². The summed E-state index contributed by atoms with van der Waals surface area (Å²) in [7, 11) is 3.26. The zero-order valence-electron chi connectivity index (χ0n) is 21.3.